The number of fused-ring (bicyclic) bond motifs is 2. The van der Waals surface area contributed by atoms with Crippen molar-refractivity contribution in [3.8, 4) is 5.75 Å². The highest BCUT2D eigenvalue weighted by atomic mass is 16.5. The largest absolute Gasteiger partial charge is 0.484 e. The molecular formula is C22H20N2O3. The van der Waals surface area contributed by atoms with Crippen molar-refractivity contribution in [2.45, 2.75) is 13.3 Å². The smallest absolute Gasteiger partial charge is 0.264 e. The highest BCUT2D eigenvalue weighted by molar-refractivity contribution is 6.02. The average Bonchev–Trinajstić information content (AvgIpc) is 3.10. The lowest BCUT2D eigenvalue weighted by Gasteiger charge is -2.18. The van der Waals surface area contributed by atoms with Crippen LogP contribution >= 0.6 is 0 Å². The molecule has 0 aliphatic carbocycles. The van der Waals surface area contributed by atoms with Crippen molar-refractivity contribution in [2.24, 2.45) is 0 Å². The van der Waals surface area contributed by atoms with Crippen LogP contribution < -0.4 is 15.0 Å². The molecule has 0 radical (unpaired) electrons. The molecule has 0 aromatic heterocycles. The second kappa shape index (κ2) is 7.11. The third-order valence-corrected chi connectivity index (χ3v) is 4.71. The lowest BCUT2D eigenvalue weighted by Crippen LogP contribution is -2.33. The van der Waals surface area contributed by atoms with Gasteiger partial charge in [0.2, 0.25) is 5.91 Å². The van der Waals surface area contributed by atoms with E-state index in [1.807, 2.05) is 54.6 Å². The van der Waals surface area contributed by atoms with Gasteiger partial charge in [-0.3, -0.25) is 9.59 Å². The Hall–Kier alpha value is -3.34. The number of nitrogens with one attached hydrogen (secondary N) is 1. The molecule has 0 spiro atoms. The molecule has 3 aromatic rings. The van der Waals surface area contributed by atoms with Gasteiger partial charge in [0.05, 0.1) is 0 Å². The van der Waals surface area contributed by atoms with Gasteiger partial charge in [-0.15, -0.1) is 0 Å². The number of para-hydroxylation sites is 1. The zero-order chi connectivity index (χ0) is 18.8. The Balaban J connectivity index is 1.51. The van der Waals surface area contributed by atoms with Crippen molar-refractivity contribution in [1.29, 1.82) is 0 Å². The number of ether oxygens (including phenoxy) is 1. The Labute approximate surface area is 157 Å². The number of carbonyl (C=O) groups is 2. The molecule has 0 bridgehead atoms. The van der Waals surface area contributed by atoms with Crippen molar-refractivity contribution in [3.63, 3.8) is 0 Å². The van der Waals surface area contributed by atoms with Crippen LogP contribution in [-0.2, 0) is 16.0 Å². The Morgan fingerprint density at radius 3 is 2.78 bits per heavy atom. The van der Waals surface area contributed by atoms with E-state index < -0.39 is 0 Å². The van der Waals surface area contributed by atoms with Gasteiger partial charge < -0.3 is 15.0 Å². The zero-order valence-corrected chi connectivity index (χ0v) is 15.1. The third kappa shape index (κ3) is 3.49. The minimum atomic E-state index is -0.128. The van der Waals surface area contributed by atoms with E-state index in [1.165, 1.54) is 12.5 Å². The van der Waals surface area contributed by atoms with Gasteiger partial charge in [-0.2, -0.15) is 0 Å². The van der Waals surface area contributed by atoms with Gasteiger partial charge in [-0.25, -0.2) is 0 Å². The molecular weight excluding hydrogens is 340 g/mol. The predicted molar refractivity (Wildman–Crippen MR) is 106 cm³/mol. The minimum Gasteiger partial charge on any atom is -0.484 e. The van der Waals surface area contributed by atoms with Crippen molar-refractivity contribution in [2.75, 3.05) is 23.4 Å². The SMILES string of the molecule is CC(=O)Nc1cccc2ccc(OCC(=O)N3CCc4ccccc43)cc12. The summed E-state index contributed by atoms with van der Waals surface area (Å²) in [5.41, 5.74) is 2.89. The number of hydrogen-bond donors (Lipinski definition) is 1. The van der Waals surface area contributed by atoms with Crippen molar-refractivity contribution < 1.29 is 14.3 Å². The van der Waals surface area contributed by atoms with Crippen molar-refractivity contribution >= 4 is 34.0 Å². The maximum absolute atomic E-state index is 12.6. The van der Waals surface area contributed by atoms with Crippen LogP contribution in [-0.4, -0.2) is 25.0 Å². The summed E-state index contributed by atoms with van der Waals surface area (Å²) in [7, 11) is 0. The summed E-state index contributed by atoms with van der Waals surface area (Å²) in [6.45, 7) is 2.14. The Kier molecular flexibility index (Phi) is 4.50. The molecule has 27 heavy (non-hydrogen) atoms. The number of anilines is 2. The molecule has 0 saturated carbocycles. The van der Waals surface area contributed by atoms with Crippen LogP contribution in [0, 0.1) is 0 Å². The molecule has 4 rings (SSSR count). The van der Waals surface area contributed by atoms with Gasteiger partial charge >= 0.3 is 0 Å². The molecule has 1 N–H and O–H groups in total. The fraction of sp³-hybridized carbons (Fsp3) is 0.182. The van der Waals surface area contributed by atoms with E-state index in [2.05, 4.69) is 11.4 Å². The lowest BCUT2D eigenvalue weighted by atomic mass is 10.1. The highest BCUT2D eigenvalue weighted by Crippen LogP contribution is 2.29. The first kappa shape index (κ1) is 17.1. The van der Waals surface area contributed by atoms with Gasteiger partial charge in [0.15, 0.2) is 6.61 Å². The summed E-state index contributed by atoms with van der Waals surface area (Å²) in [6.07, 6.45) is 0.873. The van der Waals surface area contributed by atoms with E-state index in [0.29, 0.717) is 12.3 Å². The van der Waals surface area contributed by atoms with E-state index in [4.69, 9.17) is 4.74 Å². The van der Waals surface area contributed by atoms with Gasteiger partial charge in [-0.05, 0) is 41.6 Å². The summed E-state index contributed by atoms with van der Waals surface area (Å²) < 4.78 is 5.76. The van der Waals surface area contributed by atoms with Crippen LogP contribution in [0.5, 0.6) is 5.75 Å². The monoisotopic (exact) mass is 360 g/mol. The molecule has 0 unspecified atom stereocenters. The van der Waals surface area contributed by atoms with Gasteiger partial charge in [0.1, 0.15) is 5.75 Å². The van der Waals surface area contributed by atoms with Crippen LogP contribution in [0.4, 0.5) is 11.4 Å². The van der Waals surface area contributed by atoms with E-state index in [-0.39, 0.29) is 18.4 Å². The summed E-state index contributed by atoms with van der Waals surface area (Å²) in [5.74, 6) is 0.410. The number of rotatable bonds is 4. The molecule has 1 aliphatic heterocycles. The quantitative estimate of drug-likeness (QED) is 0.771. The third-order valence-electron chi connectivity index (χ3n) is 4.71. The maximum Gasteiger partial charge on any atom is 0.264 e. The number of hydrogen-bond acceptors (Lipinski definition) is 3. The molecule has 0 atom stereocenters. The number of nitrogens with zero attached hydrogens (tertiary/aromatic N) is 1. The summed E-state index contributed by atoms with van der Waals surface area (Å²) in [5, 5.41) is 4.70. The number of amides is 2. The van der Waals surface area contributed by atoms with Gasteiger partial charge in [-0.1, -0.05) is 36.4 Å². The fourth-order valence-electron chi connectivity index (χ4n) is 3.46. The molecule has 5 heteroatoms. The topological polar surface area (TPSA) is 58.6 Å². The van der Waals surface area contributed by atoms with Crippen molar-refractivity contribution in [1.82, 2.24) is 0 Å². The highest BCUT2D eigenvalue weighted by Gasteiger charge is 2.24. The molecule has 1 heterocycles. The van der Waals surface area contributed by atoms with E-state index in [0.717, 1.165) is 28.6 Å². The van der Waals surface area contributed by atoms with Crippen LogP contribution in [0.1, 0.15) is 12.5 Å². The van der Waals surface area contributed by atoms with Crippen LogP contribution in [0.3, 0.4) is 0 Å². The molecule has 0 saturated heterocycles. The predicted octanol–water partition coefficient (Wildman–Crippen LogP) is 3.77. The molecule has 0 fully saturated rings. The normalized spacial score (nSPS) is 12.7. The van der Waals surface area contributed by atoms with Crippen LogP contribution in [0.2, 0.25) is 0 Å². The summed E-state index contributed by atoms with van der Waals surface area (Å²) in [6, 6.07) is 19.3. The van der Waals surface area contributed by atoms with E-state index in [9.17, 15) is 9.59 Å². The van der Waals surface area contributed by atoms with Gasteiger partial charge in [0.25, 0.3) is 5.91 Å². The summed E-state index contributed by atoms with van der Waals surface area (Å²) >= 11 is 0. The molecule has 1 aliphatic rings. The van der Waals surface area contributed by atoms with Crippen molar-refractivity contribution in [3.05, 3.63) is 66.2 Å². The van der Waals surface area contributed by atoms with Gasteiger partial charge in [0, 0.05) is 30.2 Å². The molecule has 3 aromatic carbocycles. The van der Waals surface area contributed by atoms with E-state index >= 15 is 0 Å². The Morgan fingerprint density at radius 2 is 1.93 bits per heavy atom. The first-order chi connectivity index (χ1) is 13.1. The molecule has 136 valence electrons. The maximum atomic E-state index is 12.6. The average molecular weight is 360 g/mol. The minimum absolute atomic E-state index is 0.0257. The Morgan fingerprint density at radius 1 is 1.07 bits per heavy atom. The molecule has 5 nitrogen and oxygen atoms in total. The van der Waals surface area contributed by atoms with Crippen LogP contribution in [0.15, 0.2) is 60.7 Å². The second-order valence-electron chi connectivity index (χ2n) is 6.58. The van der Waals surface area contributed by atoms with Crippen LogP contribution in [0.25, 0.3) is 10.8 Å². The number of benzene rings is 3. The first-order valence-electron chi connectivity index (χ1n) is 8.93. The zero-order valence-electron chi connectivity index (χ0n) is 15.1. The standard InChI is InChI=1S/C22H20N2O3/c1-15(25)23-20-7-4-6-16-9-10-18(13-19(16)20)27-14-22(26)24-12-11-17-5-2-3-8-21(17)24/h2-10,13H,11-12,14H2,1H3,(H,23,25). The number of carbonyl (C=O) groups excluding carboxylic acids is 2. The fourth-order valence-corrected chi connectivity index (χ4v) is 3.46. The lowest BCUT2D eigenvalue weighted by molar-refractivity contribution is -0.120. The van der Waals surface area contributed by atoms with E-state index in [1.54, 1.807) is 4.90 Å². The summed E-state index contributed by atoms with van der Waals surface area (Å²) in [4.78, 5) is 25.8. The first-order valence-corrected chi connectivity index (χ1v) is 8.93. The Bertz CT molecular complexity index is 1030. The second-order valence-corrected chi connectivity index (χ2v) is 6.58. The molecule has 2 amide bonds.